The first-order valence-electron chi connectivity index (χ1n) is 8.30. The fourth-order valence-corrected chi connectivity index (χ4v) is 3.12. The molecule has 0 saturated carbocycles. The zero-order valence-corrected chi connectivity index (χ0v) is 13.9. The molecular formula is C18H23FN4O. The molecular weight excluding hydrogens is 307 g/mol. The molecule has 1 fully saturated rings. The van der Waals surface area contributed by atoms with Gasteiger partial charge in [0.1, 0.15) is 5.82 Å². The Kier molecular flexibility index (Phi) is 5.25. The molecule has 0 aliphatic carbocycles. The van der Waals surface area contributed by atoms with Crippen LogP contribution in [0, 0.1) is 5.82 Å². The lowest BCUT2D eigenvalue weighted by Crippen LogP contribution is -2.42. The molecule has 24 heavy (non-hydrogen) atoms. The Labute approximate surface area is 141 Å². The van der Waals surface area contributed by atoms with Crippen LogP contribution in [0.3, 0.4) is 0 Å². The van der Waals surface area contributed by atoms with Crippen LogP contribution in [-0.2, 0) is 11.3 Å². The van der Waals surface area contributed by atoms with Crippen LogP contribution in [0.5, 0.6) is 0 Å². The van der Waals surface area contributed by atoms with Crippen molar-refractivity contribution in [2.24, 2.45) is 0 Å². The largest absolute Gasteiger partial charge is 0.340 e. The summed E-state index contributed by atoms with van der Waals surface area (Å²) >= 11 is 0. The number of piperidine rings is 1. The van der Waals surface area contributed by atoms with Crippen LogP contribution in [-0.4, -0.2) is 51.9 Å². The predicted octanol–water partition coefficient (Wildman–Crippen LogP) is 2.32. The summed E-state index contributed by atoms with van der Waals surface area (Å²) in [4.78, 5) is 20.4. The highest BCUT2D eigenvalue weighted by Gasteiger charge is 2.22. The van der Waals surface area contributed by atoms with Crippen LogP contribution in [0.25, 0.3) is 0 Å². The molecule has 2 heterocycles. The maximum absolute atomic E-state index is 12.9. The van der Waals surface area contributed by atoms with Gasteiger partial charge in [0.15, 0.2) is 0 Å². The zero-order valence-electron chi connectivity index (χ0n) is 13.9. The minimum atomic E-state index is -0.256. The summed E-state index contributed by atoms with van der Waals surface area (Å²) in [6.45, 7) is 2.77. The maximum Gasteiger partial charge on any atom is 0.236 e. The van der Waals surface area contributed by atoms with E-state index in [4.69, 9.17) is 0 Å². The van der Waals surface area contributed by atoms with Crippen molar-refractivity contribution in [1.29, 1.82) is 0 Å². The number of likely N-dealkylation sites (tertiary alicyclic amines) is 1. The molecule has 2 aromatic rings. The Morgan fingerprint density at radius 1 is 1.29 bits per heavy atom. The van der Waals surface area contributed by atoms with E-state index in [9.17, 15) is 9.18 Å². The minimum absolute atomic E-state index is 0.0976. The Hall–Kier alpha value is -2.21. The summed E-state index contributed by atoms with van der Waals surface area (Å²) in [5.74, 6) is -0.158. The van der Waals surface area contributed by atoms with E-state index >= 15 is 0 Å². The van der Waals surface area contributed by atoms with Crippen molar-refractivity contribution in [2.75, 3.05) is 26.7 Å². The monoisotopic (exact) mass is 330 g/mol. The van der Waals surface area contributed by atoms with Gasteiger partial charge in [-0.2, -0.15) is 0 Å². The summed E-state index contributed by atoms with van der Waals surface area (Å²) in [5, 5.41) is 0. The lowest BCUT2D eigenvalue weighted by molar-refractivity contribution is -0.132. The average Bonchev–Trinajstić information content (AvgIpc) is 3.12. The fraction of sp³-hybridized carbons (Fsp3) is 0.444. The second-order valence-electron chi connectivity index (χ2n) is 6.39. The second-order valence-corrected chi connectivity index (χ2v) is 6.39. The molecule has 1 aliphatic rings. The third kappa shape index (κ3) is 4.20. The number of carbonyl (C=O) groups excluding carboxylic acids is 1. The van der Waals surface area contributed by atoms with Gasteiger partial charge in [0.05, 0.1) is 12.9 Å². The second kappa shape index (κ2) is 7.57. The number of carbonyl (C=O) groups is 1. The van der Waals surface area contributed by atoms with Crippen molar-refractivity contribution in [2.45, 2.75) is 25.4 Å². The average molecular weight is 330 g/mol. The molecule has 1 aromatic heterocycles. The fourth-order valence-electron chi connectivity index (χ4n) is 3.12. The van der Waals surface area contributed by atoms with E-state index in [2.05, 4.69) is 14.5 Å². The van der Waals surface area contributed by atoms with E-state index in [1.807, 2.05) is 12.5 Å². The lowest BCUT2D eigenvalue weighted by atomic mass is 10.0. The van der Waals surface area contributed by atoms with Gasteiger partial charge >= 0.3 is 0 Å². The van der Waals surface area contributed by atoms with Crippen molar-refractivity contribution in [3.8, 4) is 0 Å². The Morgan fingerprint density at radius 2 is 2.00 bits per heavy atom. The van der Waals surface area contributed by atoms with Crippen LogP contribution in [0.4, 0.5) is 4.39 Å². The normalized spacial score (nSPS) is 16.2. The van der Waals surface area contributed by atoms with Crippen molar-refractivity contribution in [3.63, 3.8) is 0 Å². The molecule has 3 rings (SSSR count). The zero-order chi connectivity index (χ0) is 16.9. The van der Waals surface area contributed by atoms with Crippen LogP contribution < -0.4 is 0 Å². The van der Waals surface area contributed by atoms with E-state index in [1.165, 1.54) is 12.1 Å². The lowest BCUT2D eigenvalue weighted by Gasteiger charge is -2.33. The molecule has 0 bridgehead atoms. The van der Waals surface area contributed by atoms with Gasteiger partial charge in [0.25, 0.3) is 0 Å². The Balaban J connectivity index is 1.46. The number of benzene rings is 1. The molecule has 0 unspecified atom stereocenters. The van der Waals surface area contributed by atoms with Crippen molar-refractivity contribution < 1.29 is 9.18 Å². The van der Waals surface area contributed by atoms with Gasteiger partial charge < -0.3 is 9.47 Å². The van der Waals surface area contributed by atoms with Crippen LogP contribution in [0.15, 0.2) is 43.0 Å². The van der Waals surface area contributed by atoms with Crippen LogP contribution >= 0.6 is 0 Å². The highest BCUT2D eigenvalue weighted by atomic mass is 19.1. The number of amides is 1. The van der Waals surface area contributed by atoms with Gasteiger partial charge in [-0.3, -0.25) is 9.69 Å². The molecule has 1 aliphatic heterocycles. The molecule has 128 valence electrons. The number of imidazole rings is 1. The number of aromatic nitrogens is 2. The van der Waals surface area contributed by atoms with Gasteiger partial charge in [-0.15, -0.1) is 0 Å². The Morgan fingerprint density at radius 3 is 2.62 bits per heavy atom. The van der Waals surface area contributed by atoms with E-state index in [0.29, 0.717) is 19.1 Å². The van der Waals surface area contributed by atoms with Crippen LogP contribution in [0.1, 0.15) is 24.4 Å². The number of likely N-dealkylation sites (N-methyl/N-ethyl adjacent to an activating group) is 1. The van der Waals surface area contributed by atoms with Crippen LogP contribution in [0.2, 0.25) is 0 Å². The summed E-state index contributed by atoms with van der Waals surface area (Å²) in [7, 11) is 1.80. The number of halogens is 1. The quantitative estimate of drug-likeness (QED) is 0.845. The predicted molar refractivity (Wildman–Crippen MR) is 89.8 cm³/mol. The molecule has 0 radical (unpaired) electrons. The third-order valence-corrected chi connectivity index (χ3v) is 4.62. The van der Waals surface area contributed by atoms with Gasteiger partial charge in [-0.1, -0.05) is 12.1 Å². The van der Waals surface area contributed by atoms with E-state index < -0.39 is 0 Å². The van der Waals surface area contributed by atoms with E-state index in [0.717, 1.165) is 31.5 Å². The minimum Gasteiger partial charge on any atom is -0.340 e. The topological polar surface area (TPSA) is 41.4 Å². The number of hydrogen-bond donors (Lipinski definition) is 0. The molecule has 5 nitrogen and oxygen atoms in total. The highest BCUT2D eigenvalue weighted by Crippen LogP contribution is 2.21. The molecule has 0 N–H and O–H groups in total. The number of nitrogens with zero attached hydrogens (tertiary/aromatic N) is 4. The molecule has 0 atom stereocenters. The van der Waals surface area contributed by atoms with Gasteiger partial charge in [-0.05, 0) is 30.5 Å². The van der Waals surface area contributed by atoms with Crippen molar-refractivity contribution >= 4 is 5.91 Å². The standard InChI is InChI=1S/C18H23FN4O/c1-21(12-15-2-4-16(19)5-3-15)18(24)13-22-9-6-17(7-10-22)23-11-8-20-14-23/h2-5,8,11,14,17H,6-7,9-10,12-13H2,1H3. The van der Waals surface area contributed by atoms with Gasteiger partial charge in [0.2, 0.25) is 5.91 Å². The number of hydrogen-bond acceptors (Lipinski definition) is 3. The smallest absolute Gasteiger partial charge is 0.236 e. The van der Waals surface area contributed by atoms with Gasteiger partial charge in [-0.25, -0.2) is 9.37 Å². The summed E-state index contributed by atoms with van der Waals surface area (Å²) < 4.78 is 15.1. The van der Waals surface area contributed by atoms with E-state index in [1.54, 1.807) is 30.3 Å². The first-order chi connectivity index (χ1) is 11.6. The summed E-state index contributed by atoms with van der Waals surface area (Å²) in [6.07, 6.45) is 7.74. The summed E-state index contributed by atoms with van der Waals surface area (Å²) in [5.41, 5.74) is 0.936. The van der Waals surface area contributed by atoms with Crippen molar-refractivity contribution in [1.82, 2.24) is 19.4 Å². The first kappa shape index (κ1) is 16.6. The van der Waals surface area contributed by atoms with Gasteiger partial charge in [0, 0.05) is 45.1 Å². The molecule has 1 saturated heterocycles. The van der Waals surface area contributed by atoms with E-state index in [-0.39, 0.29) is 11.7 Å². The van der Waals surface area contributed by atoms with Crippen molar-refractivity contribution in [3.05, 3.63) is 54.4 Å². The summed E-state index contributed by atoms with van der Waals surface area (Å²) in [6, 6.07) is 6.77. The molecule has 1 aromatic carbocycles. The third-order valence-electron chi connectivity index (χ3n) is 4.62. The molecule has 6 heteroatoms. The first-order valence-corrected chi connectivity index (χ1v) is 8.30. The maximum atomic E-state index is 12.9. The highest BCUT2D eigenvalue weighted by molar-refractivity contribution is 5.78. The Bertz CT molecular complexity index is 648. The molecule has 0 spiro atoms. The number of rotatable bonds is 5. The SMILES string of the molecule is CN(Cc1ccc(F)cc1)C(=O)CN1CCC(n2ccnc2)CC1. The molecule has 1 amide bonds.